The third-order valence-corrected chi connectivity index (χ3v) is 6.42. The molecule has 11 heteroatoms. The number of carbonyl (C=O) groups is 5. The van der Waals surface area contributed by atoms with Crippen LogP contribution in [0.2, 0.25) is 0 Å². The van der Waals surface area contributed by atoms with Crippen molar-refractivity contribution in [2.75, 3.05) is 13.2 Å². The van der Waals surface area contributed by atoms with Crippen LogP contribution in [-0.4, -0.2) is 76.2 Å². The van der Waals surface area contributed by atoms with Crippen LogP contribution in [-0.2, 0) is 52.8 Å². The minimum atomic E-state index is -1.26. The maximum absolute atomic E-state index is 13.5. The van der Waals surface area contributed by atoms with E-state index < -0.39 is 36.0 Å². The molecule has 0 aromatic heterocycles. The molecule has 0 unspecified atom stereocenters. The van der Waals surface area contributed by atoms with Crippen LogP contribution < -0.4 is 5.32 Å². The van der Waals surface area contributed by atoms with Crippen molar-refractivity contribution < 1.29 is 43.7 Å². The summed E-state index contributed by atoms with van der Waals surface area (Å²) in [6, 6.07) is 15.6. The summed E-state index contributed by atoms with van der Waals surface area (Å²) in [6.07, 6.45) is 2.68. The van der Waals surface area contributed by atoms with Gasteiger partial charge in [0, 0.05) is 25.1 Å². The average molecular weight is 583 g/mol. The first-order chi connectivity index (χ1) is 20.1. The lowest BCUT2D eigenvalue weighted by molar-refractivity contribution is -0.157. The molecule has 1 aliphatic heterocycles. The van der Waals surface area contributed by atoms with Crippen molar-refractivity contribution in [2.45, 2.75) is 64.7 Å². The number of aryl methyl sites for hydroxylation is 1. The van der Waals surface area contributed by atoms with Gasteiger partial charge in [0.2, 0.25) is 5.91 Å². The number of rotatable bonds is 12. The number of carboxylic acids is 2. The molecule has 0 saturated carbocycles. The SMILES string of the molecule is CCOC(=O)[C@H](CCc1ccccc1)N[C@@H](C)C(=O)N1Cc2ccccc2C[C@H]1C(=O)OCC.O=C(O)/C=C\C(=O)O. The third-order valence-electron chi connectivity index (χ3n) is 6.42. The quantitative estimate of drug-likeness (QED) is 0.251. The summed E-state index contributed by atoms with van der Waals surface area (Å²) < 4.78 is 10.5. The van der Waals surface area contributed by atoms with E-state index in [1.165, 1.54) is 0 Å². The second-order valence-electron chi connectivity index (χ2n) is 9.43. The van der Waals surface area contributed by atoms with Crippen molar-refractivity contribution in [3.63, 3.8) is 0 Å². The minimum Gasteiger partial charge on any atom is -0.478 e. The van der Waals surface area contributed by atoms with Gasteiger partial charge in [-0.25, -0.2) is 14.4 Å². The number of carbonyl (C=O) groups excluding carboxylic acids is 3. The van der Waals surface area contributed by atoms with E-state index in [1.807, 2.05) is 54.6 Å². The lowest BCUT2D eigenvalue weighted by Gasteiger charge is -2.37. The molecule has 0 aliphatic carbocycles. The van der Waals surface area contributed by atoms with E-state index in [4.69, 9.17) is 19.7 Å². The number of amides is 1. The maximum atomic E-state index is 13.5. The largest absolute Gasteiger partial charge is 0.478 e. The molecule has 226 valence electrons. The molecule has 42 heavy (non-hydrogen) atoms. The number of nitrogens with zero attached hydrogens (tertiary/aromatic N) is 1. The lowest BCUT2D eigenvalue weighted by Crippen LogP contribution is -2.56. The molecule has 2 aromatic rings. The van der Waals surface area contributed by atoms with Crippen molar-refractivity contribution in [1.82, 2.24) is 10.2 Å². The number of carboxylic acid groups (broad SMARTS) is 2. The summed E-state index contributed by atoms with van der Waals surface area (Å²) >= 11 is 0. The van der Waals surface area contributed by atoms with E-state index in [0.717, 1.165) is 16.7 Å². The van der Waals surface area contributed by atoms with E-state index in [2.05, 4.69) is 5.32 Å². The molecule has 3 atom stereocenters. The molecule has 11 nitrogen and oxygen atoms in total. The zero-order chi connectivity index (χ0) is 31.1. The zero-order valence-electron chi connectivity index (χ0n) is 24.0. The highest BCUT2D eigenvalue weighted by Crippen LogP contribution is 2.25. The van der Waals surface area contributed by atoms with E-state index in [1.54, 1.807) is 25.7 Å². The first kappa shape index (κ1) is 33.7. The molecule has 0 bridgehead atoms. The van der Waals surface area contributed by atoms with Gasteiger partial charge in [-0.05, 0) is 50.3 Å². The fourth-order valence-corrected chi connectivity index (χ4v) is 4.44. The first-order valence-corrected chi connectivity index (χ1v) is 13.7. The molecule has 1 amide bonds. The number of hydrogen-bond donors (Lipinski definition) is 3. The van der Waals surface area contributed by atoms with Crippen LogP contribution >= 0.6 is 0 Å². The Morgan fingerprint density at radius 3 is 2.05 bits per heavy atom. The monoisotopic (exact) mass is 582 g/mol. The summed E-state index contributed by atoms with van der Waals surface area (Å²) in [5.41, 5.74) is 3.15. The van der Waals surface area contributed by atoms with Crippen molar-refractivity contribution in [2.24, 2.45) is 0 Å². The smallest absolute Gasteiger partial charge is 0.329 e. The number of benzene rings is 2. The predicted octanol–water partition coefficient (Wildman–Crippen LogP) is 2.76. The summed E-state index contributed by atoms with van der Waals surface area (Å²) in [6.45, 7) is 6.06. The Bertz CT molecular complexity index is 1230. The van der Waals surface area contributed by atoms with Crippen LogP contribution in [0.3, 0.4) is 0 Å². The first-order valence-electron chi connectivity index (χ1n) is 13.7. The number of aliphatic carboxylic acids is 2. The van der Waals surface area contributed by atoms with Gasteiger partial charge >= 0.3 is 23.9 Å². The summed E-state index contributed by atoms with van der Waals surface area (Å²) in [5.74, 6) is -3.56. The van der Waals surface area contributed by atoms with Crippen molar-refractivity contribution in [3.05, 3.63) is 83.4 Å². The molecule has 0 saturated heterocycles. The molecular weight excluding hydrogens is 544 g/mol. The Morgan fingerprint density at radius 2 is 1.48 bits per heavy atom. The second-order valence-corrected chi connectivity index (χ2v) is 9.43. The minimum absolute atomic E-state index is 0.247. The molecule has 1 aliphatic rings. The molecule has 0 fully saturated rings. The number of ether oxygens (including phenoxy) is 2. The van der Waals surface area contributed by atoms with Gasteiger partial charge in [0.15, 0.2) is 0 Å². The highest BCUT2D eigenvalue weighted by atomic mass is 16.5. The fraction of sp³-hybridized carbons (Fsp3) is 0.387. The van der Waals surface area contributed by atoms with Crippen LogP contribution in [0, 0.1) is 0 Å². The molecule has 3 rings (SSSR count). The molecule has 2 aromatic carbocycles. The van der Waals surface area contributed by atoms with Gasteiger partial charge in [-0.2, -0.15) is 0 Å². The van der Waals surface area contributed by atoms with Gasteiger partial charge in [0.25, 0.3) is 0 Å². The van der Waals surface area contributed by atoms with E-state index in [-0.39, 0.29) is 25.1 Å². The van der Waals surface area contributed by atoms with Gasteiger partial charge in [-0.15, -0.1) is 0 Å². The van der Waals surface area contributed by atoms with Crippen LogP contribution in [0.1, 0.15) is 43.9 Å². The van der Waals surface area contributed by atoms with Crippen LogP contribution in [0.25, 0.3) is 0 Å². The maximum Gasteiger partial charge on any atom is 0.329 e. The number of esters is 2. The average Bonchev–Trinajstić information content (AvgIpc) is 2.98. The van der Waals surface area contributed by atoms with E-state index in [0.29, 0.717) is 38.0 Å². The Hall–Kier alpha value is -4.51. The Labute approximate surface area is 245 Å². The van der Waals surface area contributed by atoms with Gasteiger partial charge < -0.3 is 24.6 Å². The summed E-state index contributed by atoms with van der Waals surface area (Å²) in [4.78, 5) is 59.5. The Balaban J connectivity index is 0.000000675. The second kappa shape index (κ2) is 17.3. The Kier molecular flexibility index (Phi) is 13.9. The molecule has 0 spiro atoms. The van der Waals surface area contributed by atoms with Gasteiger partial charge in [-0.1, -0.05) is 54.6 Å². The third kappa shape index (κ3) is 10.8. The van der Waals surface area contributed by atoms with Gasteiger partial charge in [0.05, 0.1) is 19.3 Å². The molecule has 0 radical (unpaired) electrons. The van der Waals surface area contributed by atoms with E-state index in [9.17, 15) is 24.0 Å². The molecule has 1 heterocycles. The standard InChI is InChI=1S/C27H34N2O5.C4H4O4/c1-4-33-26(31)23(16-15-20-11-7-6-8-12-20)28-19(3)25(30)29-18-22-14-10-9-13-21(22)17-24(29)27(32)34-5-2;5-3(6)1-2-4(7)8/h6-14,19,23-24,28H,4-5,15-18H2,1-3H3;1-2H,(H,5,6)(H,7,8)/b;2-1-/t19-,23-,24-;/m0./s1. The van der Waals surface area contributed by atoms with Crippen LogP contribution in [0.5, 0.6) is 0 Å². The summed E-state index contributed by atoms with van der Waals surface area (Å²) in [5, 5.41) is 18.8. The van der Waals surface area contributed by atoms with Crippen molar-refractivity contribution in [3.8, 4) is 0 Å². The molecule has 3 N–H and O–H groups in total. The number of hydrogen-bond acceptors (Lipinski definition) is 8. The van der Waals surface area contributed by atoms with Crippen LogP contribution in [0.4, 0.5) is 0 Å². The van der Waals surface area contributed by atoms with Crippen molar-refractivity contribution >= 4 is 29.8 Å². The van der Waals surface area contributed by atoms with E-state index >= 15 is 0 Å². The fourth-order valence-electron chi connectivity index (χ4n) is 4.44. The highest BCUT2D eigenvalue weighted by Gasteiger charge is 2.38. The van der Waals surface area contributed by atoms with Crippen molar-refractivity contribution in [1.29, 1.82) is 0 Å². The highest BCUT2D eigenvalue weighted by molar-refractivity contribution is 5.90. The van der Waals surface area contributed by atoms with Gasteiger partial charge in [0.1, 0.15) is 12.1 Å². The number of nitrogens with one attached hydrogen (secondary N) is 1. The van der Waals surface area contributed by atoms with Gasteiger partial charge in [-0.3, -0.25) is 14.9 Å². The topological polar surface area (TPSA) is 160 Å². The number of fused-ring (bicyclic) bond motifs is 1. The molecular formula is C31H38N2O9. The predicted molar refractivity (Wildman–Crippen MR) is 153 cm³/mol. The Morgan fingerprint density at radius 1 is 0.905 bits per heavy atom. The lowest BCUT2D eigenvalue weighted by atomic mass is 9.93. The van der Waals surface area contributed by atoms with Crippen LogP contribution in [0.15, 0.2) is 66.7 Å². The normalized spacial score (nSPS) is 15.4. The zero-order valence-corrected chi connectivity index (χ0v) is 24.0. The summed E-state index contributed by atoms with van der Waals surface area (Å²) in [7, 11) is 0.